The number of aromatic nitrogens is 2. The maximum atomic E-state index is 12.9. The van der Waals surface area contributed by atoms with Gasteiger partial charge in [0.05, 0.1) is 12.1 Å². The fourth-order valence-electron chi connectivity index (χ4n) is 5.13. The lowest BCUT2D eigenvalue weighted by molar-refractivity contribution is -0.137. The van der Waals surface area contributed by atoms with Crippen LogP contribution in [-0.2, 0) is 31.5 Å². The van der Waals surface area contributed by atoms with E-state index in [1.54, 1.807) is 0 Å². The summed E-state index contributed by atoms with van der Waals surface area (Å²) in [4.78, 5) is 19.7. The van der Waals surface area contributed by atoms with Gasteiger partial charge in [0, 0.05) is 69.7 Å². The summed E-state index contributed by atoms with van der Waals surface area (Å²) in [6.07, 6.45) is 4.07. The minimum atomic E-state index is 0.126. The Bertz CT molecular complexity index is 952. The van der Waals surface area contributed by atoms with E-state index in [9.17, 15) is 4.79 Å². The third-order valence-corrected chi connectivity index (χ3v) is 7.25. The summed E-state index contributed by atoms with van der Waals surface area (Å²) in [6, 6.07) is 6.63. The summed E-state index contributed by atoms with van der Waals surface area (Å²) in [6.45, 7) is 14.0. The van der Waals surface area contributed by atoms with E-state index >= 15 is 0 Å². The van der Waals surface area contributed by atoms with Crippen molar-refractivity contribution < 1.29 is 9.53 Å². The van der Waals surface area contributed by atoms with Crippen molar-refractivity contribution in [1.29, 1.82) is 0 Å². The molecule has 0 spiro atoms. The monoisotopic (exact) mass is 453 g/mol. The molecule has 2 aliphatic heterocycles. The zero-order valence-electron chi connectivity index (χ0n) is 20.7. The van der Waals surface area contributed by atoms with Crippen molar-refractivity contribution in [2.24, 2.45) is 13.0 Å². The summed E-state index contributed by atoms with van der Waals surface area (Å²) >= 11 is 0. The van der Waals surface area contributed by atoms with Gasteiger partial charge in [-0.15, -0.1) is 0 Å². The smallest absolute Gasteiger partial charge is 0.226 e. The lowest BCUT2D eigenvalue weighted by Crippen LogP contribution is -2.44. The molecule has 4 rings (SSSR count). The van der Waals surface area contributed by atoms with Crippen LogP contribution in [0.25, 0.3) is 0 Å². The lowest BCUT2D eigenvalue weighted by atomic mass is 9.95. The van der Waals surface area contributed by atoms with E-state index in [1.807, 2.05) is 22.8 Å². The first-order valence-corrected chi connectivity index (χ1v) is 12.4. The highest BCUT2D eigenvalue weighted by Crippen LogP contribution is 2.27. The van der Waals surface area contributed by atoms with Crippen molar-refractivity contribution in [3.05, 3.63) is 46.8 Å². The minimum Gasteiger partial charge on any atom is -0.492 e. The van der Waals surface area contributed by atoms with Crippen molar-refractivity contribution in [2.75, 3.05) is 39.3 Å². The second-order valence-corrected chi connectivity index (χ2v) is 9.46. The number of aryl methyl sites for hydroxylation is 1. The van der Waals surface area contributed by atoms with Gasteiger partial charge >= 0.3 is 0 Å². The summed E-state index contributed by atoms with van der Waals surface area (Å²) in [5.74, 6) is 1.44. The third kappa shape index (κ3) is 5.58. The molecule has 1 aromatic carbocycles. The second kappa shape index (κ2) is 10.7. The van der Waals surface area contributed by atoms with Crippen molar-refractivity contribution in [2.45, 2.75) is 53.2 Å². The van der Waals surface area contributed by atoms with Crippen LogP contribution < -0.4 is 4.74 Å². The van der Waals surface area contributed by atoms with E-state index in [2.05, 4.69) is 53.9 Å². The van der Waals surface area contributed by atoms with Gasteiger partial charge in [-0.25, -0.2) is 0 Å². The lowest BCUT2D eigenvalue weighted by Gasteiger charge is -2.34. The normalized spacial score (nSPS) is 19.6. The van der Waals surface area contributed by atoms with Gasteiger partial charge < -0.3 is 9.64 Å². The molecular weight excluding hydrogens is 414 g/mol. The maximum Gasteiger partial charge on any atom is 0.226 e. The third-order valence-electron chi connectivity index (χ3n) is 7.25. The average molecular weight is 454 g/mol. The summed E-state index contributed by atoms with van der Waals surface area (Å²) < 4.78 is 8.01. The number of rotatable bonds is 7. The number of hydrogen-bond acceptors (Lipinski definition) is 5. The number of piperidine rings is 1. The Labute approximate surface area is 198 Å². The molecule has 3 heterocycles. The molecule has 2 aromatic rings. The topological polar surface area (TPSA) is 53.8 Å². The zero-order valence-corrected chi connectivity index (χ0v) is 20.7. The number of carbonyl (C=O) groups is 1. The Morgan fingerprint density at radius 3 is 2.73 bits per heavy atom. The summed E-state index contributed by atoms with van der Waals surface area (Å²) in [5.41, 5.74) is 5.04. The number of nitrogens with zero attached hydrogens (tertiary/aromatic N) is 5. The highest BCUT2D eigenvalue weighted by Gasteiger charge is 2.28. The molecule has 1 amide bonds. The molecule has 0 saturated carbocycles. The van der Waals surface area contributed by atoms with Crippen molar-refractivity contribution in [1.82, 2.24) is 24.5 Å². The van der Waals surface area contributed by atoms with E-state index in [-0.39, 0.29) is 5.92 Å². The van der Waals surface area contributed by atoms with Crippen molar-refractivity contribution in [3.63, 3.8) is 0 Å². The van der Waals surface area contributed by atoms with Crippen molar-refractivity contribution in [3.8, 4) is 5.75 Å². The first-order chi connectivity index (χ1) is 16.0. The van der Waals surface area contributed by atoms with Crippen LogP contribution in [-0.4, -0.2) is 69.7 Å². The highest BCUT2D eigenvalue weighted by atomic mass is 16.5. The van der Waals surface area contributed by atoms with Crippen LogP contribution in [0.5, 0.6) is 5.75 Å². The quantitative estimate of drug-likeness (QED) is 0.644. The molecule has 1 atom stereocenters. The van der Waals surface area contributed by atoms with Gasteiger partial charge in [-0.05, 0) is 57.9 Å². The number of likely N-dealkylation sites (tertiary alicyclic amines) is 1. The van der Waals surface area contributed by atoms with Gasteiger partial charge in [-0.3, -0.25) is 19.3 Å². The molecule has 180 valence electrons. The first-order valence-electron chi connectivity index (χ1n) is 12.4. The van der Waals surface area contributed by atoms with Crippen LogP contribution in [0.4, 0.5) is 0 Å². The van der Waals surface area contributed by atoms with Crippen LogP contribution in [0.2, 0.25) is 0 Å². The van der Waals surface area contributed by atoms with Crippen LogP contribution in [0.3, 0.4) is 0 Å². The van der Waals surface area contributed by atoms with Gasteiger partial charge in [-0.1, -0.05) is 6.07 Å². The van der Waals surface area contributed by atoms with Gasteiger partial charge in [0.15, 0.2) is 0 Å². The summed E-state index contributed by atoms with van der Waals surface area (Å²) in [5, 5.41) is 4.39. The molecule has 1 saturated heterocycles. The SMILES string of the molecule is CCN(CC)C(=O)[C@H]1CCCN(Cc2ccc3c(c2)CN(Cc2cnn(C)c2C)CCO3)C1. The van der Waals surface area contributed by atoms with Crippen LogP contribution >= 0.6 is 0 Å². The first kappa shape index (κ1) is 23.8. The number of benzene rings is 1. The number of hydrogen-bond donors (Lipinski definition) is 0. The Balaban J connectivity index is 1.41. The van der Waals surface area contributed by atoms with E-state index in [4.69, 9.17) is 4.74 Å². The molecule has 0 aliphatic carbocycles. The van der Waals surface area contributed by atoms with E-state index in [0.29, 0.717) is 12.5 Å². The van der Waals surface area contributed by atoms with E-state index < -0.39 is 0 Å². The molecular formula is C26H39N5O2. The second-order valence-electron chi connectivity index (χ2n) is 9.46. The highest BCUT2D eigenvalue weighted by molar-refractivity contribution is 5.79. The molecule has 0 N–H and O–H groups in total. The van der Waals surface area contributed by atoms with E-state index in [1.165, 1.54) is 22.4 Å². The fraction of sp³-hybridized carbons (Fsp3) is 0.615. The molecule has 1 fully saturated rings. The van der Waals surface area contributed by atoms with Gasteiger partial charge in [0.1, 0.15) is 12.4 Å². The largest absolute Gasteiger partial charge is 0.492 e. The van der Waals surface area contributed by atoms with Gasteiger partial charge in [-0.2, -0.15) is 5.10 Å². The number of amides is 1. The molecule has 0 unspecified atom stereocenters. The maximum absolute atomic E-state index is 12.9. The summed E-state index contributed by atoms with van der Waals surface area (Å²) in [7, 11) is 1.99. The van der Waals surface area contributed by atoms with Crippen LogP contribution in [0, 0.1) is 12.8 Å². The Kier molecular flexibility index (Phi) is 7.71. The van der Waals surface area contributed by atoms with Crippen LogP contribution in [0.1, 0.15) is 49.1 Å². The number of fused-ring (bicyclic) bond motifs is 1. The minimum absolute atomic E-state index is 0.126. The van der Waals surface area contributed by atoms with Crippen molar-refractivity contribution >= 4 is 5.91 Å². The van der Waals surface area contributed by atoms with Crippen LogP contribution in [0.15, 0.2) is 24.4 Å². The molecule has 7 nitrogen and oxygen atoms in total. The van der Waals surface area contributed by atoms with E-state index in [0.717, 1.165) is 70.9 Å². The molecule has 33 heavy (non-hydrogen) atoms. The predicted molar refractivity (Wildman–Crippen MR) is 130 cm³/mol. The zero-order chi connectivity index (χ0) is 23.4. The van der Waals surface area contributed by atoms with Gasteiger partial charge in [0.25, 0.3) is 0 Å². The average Bonchev–Trinajstić information content (AvgIpc) is 3.01. The predicted octanol–water partition coefficient (Wildman–Crippen LogP) is 3.20. The molecule has 1 aromatic heterocycles. The Morgan fingerprint density at radius 1 is 1.18 bits per heavy atom. The van der Waals surface area contributed by atoms with Gasteiger partial charge in [0.2, 0.25) is 5.91 Å². The number of carbonyl (C=O) groups excluding carboxylic acids is 1. The molecule has 0 radical (unpaired) electrons. The number of ether oxygens (including phenoxy) is 1. The Morgan fingerprint density at radius 2 is 2.00 bits per heavy atom. The molecule has 2 aliphatic rings. The fourth-order valence-corrected chi connectivity index (χ4v) is 5.13. The standard InChI is InChI=1S/C26H39N5O2/c1-5-31(6-2)26(32)22-8-7-11-29(17-22)16-21-9-10-25-23(14-21)18-30(12-13-33-25)19-24-15-27-28(4)20(24)3/h9-10,14-15,22H,5-8,11-13,16-19H2,1-4H3/t22-/m0/s1. The molecule has 0 bridgehead atoms. The molecule has 7 heteroatoms. The Hall–Kier alpha value is -2.38.